The lowest BCUT2D eigenvalue weighted by atomic mass is 9.89. The van der Waals surface area contributed by atoms with Crippen LogP contribution in [0.5, 0.6) is 0 Å². The van der Waals surface area contributed by atoms with Gasteiger partial charge in [0.1, 0.15) is 0 Å². The third-order valence-corrected chi connectivity index (χ3v) is 3.18. The van der Waals surface area contributed by atoms with E-state index >= 15 is 0 Å². The van der Waals surface area contributed by atoms with Crippen LogP contribution in [-0.2, 0) is 4.74 Å². The van der Waals surface area contributed by atoms with Crippen molar-refractivity contribution < 1.29 is 4.74 Å². The summed E-state index contributed by atoms with van der Waals surface area (Å²) in [6, 6.07) is 0. The molecule has 0 aromatic carbocycles. The van der Waals surface area contributed by atoms with Gasteiger partial charge in [0.25, 0.3) is 0 Å². The minimum absolute atomic E-state index is 0.560. The van der Waals surface area contributed by atoms with Gasteiger partial charge in [0.2, 0.25) is 0 Å². The fourth-order valence-electron chi connectivity index (χ4n) is 2.20. The molecular weight excluding hydrogens is 136 g/mol. The van der Waals surface area contributed by atoms with Crippen molar-refractivity contribution in [2.45, 2.75) is 45.6 Å². The molecule has 0 bridgehead atoms. The molecule has 0 N–H and O–H groups in total. The monoisotopic (exact) mass is 156 g/mol. The highest BCUT2D eigenvalue weighted by atomic mass is 16.5. The minimum Gasteiger partial charge on any atom is -0.381 e. The van der Waals surface area contributed by atoms with Gasteiger partial charge in [-0.15, -0.1) is 0 Å². The van der Waals surface area contributed by atoms with Gasteiger partial charge >= 0.3 is 0 Å². The van der Waals surface area contributed by atoms with Crippen LogP contribution in [0.3, 0.4) is 0 Å². The minimum atomic E-state index is 0.560. The molecule has 3 unspecified atom stereocenters. The molecule has 1 aliphatic rings. The lowest BCUT2D eigenvalue weighted by molar-refractivity contribution is 0.0501. The van der Waals surface area contributed by atoms with Gasteiger partial charge in [0, 0.05) is 7.11 Å². The van der Waals surface area contributed by atoms with E-state index in [4.69, 9.17) is 4.74 Å². The summed E-state index contributed by atoms with van der Waals surface area (Å²) in [4.78, 5) is 0. The summed E-state index contributed by atoms with van der Waals surface area (Å²) in [7, 11) is 1.85. The van der Waals surface area contributed by atoms with Gasteiger partial charge < -0.3 is 4.74 Å². The third-order valence-electron chi connectivity index (χ3n) is 3.18. The molecule has 66 valence electrons. The molecule has 1 rings (SSSR count). The molecule has 0 aromatic heterocycles. The van der Waals surface area contributed by atoms with Crippen LogP contribution in [-0.4, -0.2) is 13.2 Å². The second-order valence-corrected chi connectivity index (χ2v) is 3.75. The Hall–Kier alpha value is -0.0400. The summed E-state index contributed by atoms with van der Waals surface area (Å²) in [5.74, 6) is 1.69. The molecule has 1 aliphatic carbocycles. The van der Waals surface area contributed by atoms with E-state index in [1.807, 2.05) is 7.11 Å². The first-order chi connectivity index (χ1) is 5.29. The quantitative estimate of drug-likeness (QED) is 0.610. The molecule has 0 amide bonds. The maximum atomic E-state index is 5.45. The first-order valence-electron chi connectivity index (χ1n) is 4.82. The van der Waals surface area contributed by atoms with E-state index in [2.05, 4.69) is 13.8 Å². The van der Waals surface area contributed by atoms with Crippen molar-refractivity contribution >= 4 is 0 Å². The van der Waals surface area contributed by atoms with Crippen molar-refractivity contribution in [2.24, 2.45) is 11.8 Å². The molecule has 1 fully saturated rings. The Labute approximate surface area is 70.1 Å². The number of methoxy groups -OCH3 is 1. The Morgan fingerprint density at radius 1 is 1.45 bits per heavy atom. The van der Waals surface area contributed by atoms with E-state index in [1.165, 1.54) is 25.7 Å². The smallest absolute Gasteiger partial charge is 0.0602 e. The van der Waals surface area contributed by atoms with Crippen molar-refractivity contribution in [1.29, 1.82) is 0 Å². The topological polar surface area (TPSA) is 9.23 Å². The van der Waals surface area contributed by atoms with Crippen LogP contribution < -0.4 is 0 Å². The van der Waals surface area contributed by atoms with E-state index in [9.17, 15) is 0 Å². The lowest BCUT2D eigenvalue weighted by Gasteiger charge is -2.23. The van der Waals surface area contributed by atoms with Crippen LogP contribution in [0.25, 0.3) is 0 Å². The highest BCUT2D eigenvalue weighted by Gasteiger charge is 2.30. The molecule has 1 nitrogen and oxygen atoms in total. The molecule has 0 spiro atoms. The molecule has 0 radical (unpaired) electrons. The predicted octanol–water partition coefficient (Wildman–Crippen LogP) is 2.85. The Bertz CT molecular complexity index is 111. The Morgan fingerprint density at radius 2 is 2.18 bits per heavy atom. The first kappa shape index (κ1) is 9.05. The van der Waals surface area contributed by atoms with Crippen LogP contribution in [0.4, 0.5) is 0 Å². The van der Waals surface area contributed by atoms with Crippen molar-refractivity contribution in [1.82, 2.24) is 0 Å². The zero-order valence-electron chi connectivity index (χ0n) is 7.97. The van der Waals surface area contributed by atoms with Crippen LogP contribution >= 0.6 is 0 Å². The van der Waals surface area contributed by atoms with E-state index < -0.39 is 0 Å². The second kappa shape index (κ2) is 4.10. The van der Waals surface area contributed by atoms with Gasteiger partial charge in [-0.1, -0.05) is 26.7 Å². The standard InChI is InChI=1S/C10H20O/c1-4-8(2)9-6-5-7-10(9)11-3/h8-10H,4-7H2,1-3H3. The molecule has 3 atom stereocenters. The highest BCUT2D eigenvalue weighted by molar-refractivity contribution is 4.80. The van der Waals surface area contributed by atoms with Crippen molar-refractivity contribution in [3.8, 4) is 0 Å². The van der Waals surface area contributed by atoms with Gasteiger partial charge in [0.05, 0.1) is 6.10 Å². The molecular formula is C10H20O. The van der Waals surface area contributed by atoms with E-state index in [-0.39, 0.29) is 0 Å². The molecule has 0 aliphatic heterocycles. The summed E-state index contributed by atoms with van der Waals surface area (Å²) in [6.07, 6.45) is 5.89. The first-order valence-corrected chi connectivity index (χ1v) is 4.82. The SMILES string of the molecule is CCC(C)C1CCCC1OC. The van der Waals surface area contributed by atoms with Gasteiger partial charge in [-0.3, -0.25) is 0 Å². The maximum Gasteiger partial charge on any atom is 0.0602 e. The van der Waals surface area contributed by atoms with Crippen molar-refractivity contribution in [2.75, 3.05) is 7.11 Å². The van der Waals surface area contributed by atoms with Crippen molar-refractivity contribution in [3.63, 3.8) is 0 Å². The summed E-state index contributed by atoms with van der Waals surface area (Å²) < 4.78 is 5.45. The number of ether oxygens (including phenoxy) is 1. The largest absolute Gasteiger partial charge is 0.381 e. The predicted molar refractivity (Wildman–Crippen MR) is 47.6 cm³/mol. The van der Waals surface area contributed by atoms with Gasteiger partial charge in [-0.2, -0.15) is 0 Å². The molecule has 0 saturated heterocycles. The maximum absolute atomic E-state index is 5.45. The molecule has 11 heavy (non-hydrogen) atoms. The zero-order valence-corrected chi connectivity index (χ0v) is 7.97. The van der Waals surface area contributed by atoms with Crippen LogP contribution in [0, 0.1) is 11.8 Å². The van der Waals surface area contributed by atoms with E-state index in [0.717, 1.165) is 11.8 Å². The lowest BCUT2D eigenvalue weighted by Crippen LogP contribution is -2.22. The normalized spacial score (nSPS) is 34.1. The van der Waals surface area contributed by atoms with Crippen molar-refractivity contribution in [3.05, 3.63) is 0 Å². The zero-order chi connectivity index (χ0) is 8.27. The summed E-state index contributed by atoms with van der Waals surface area (Å²) in [5, 5.41) is 0. The van der Waals surface area contributed by atoms with Crippen LogP contribution in [0.2, 0.25) is 0 Å². The van der Waals surface area contributed by atoms with E-state index in [0.29, 0.717) is 6.10 Å². The Kier molecular flexibility index (Phi) is 3.38. The van der Waals surface area contributed by atoms with Gasteiger partial charge in [-0.25, -0.2) is 0 Å². The Morgan fingerprint density at radius 3 is 2.73 bits per heavy atom. The Balaban J connectivity index is 2.42. The van der Waals surface area contributed by atoms with Crippen LogP contribution in [0.15, 0.2) is 0 Å². The number of hydrogen-bond acceptors (Lipinski definition) is 1. The van der Waals surface area contributed by atoms with Crippen LogP contribution in [0.1, 0.15) is 39.5 Å². The fraction of sp³-hybridized carbons (Fsp3) is 1.00. The summed E-state index contributed by atoms with van der Waals surface area (Å²) in [6.45, 7) is 4.62. The summed E-state index contributed by atoms with van der Waals surface area (Å²) >= 11 is 0. The molecule has 1 heteroatoms. The summed E-state index contributed by atoms with van der Waals surface area (Å²) in [5.41, 5.74) is 0. The molecule has 0 aromatic rings. The third kappa shape index (κ3) is 1.96. The molecule has 0 heterocycles. The fourth-order valence-corrected chi connectivity index (χ4v) is 2.20. The van der Waals surface area contributed by atoms with E-state index in [1.54, 1.807) is 0 Å². The highest BCUT2D eigenvalue weighted by Crippen LogP contribution is 2.34. The van der Waals surface area contributed by atoms with Gasteiger partial charge in [-0.05, 0) is 24.7 Å². The average molecular weight is 156 g/mol. The number of hydrogen-bond donors (Lipinski definition) is 0. The second-order valence-electron chi connectivity index (χ2n) is 3.75. The molecule has 1 saturated carbocycles. The average Bonchev–Trinajstić information content (AvgIpc) is 2.50. The number of rotatable bonds is 3. The van der Waals surface area contributed by atoms with Gasteiger partial charge in [0.15, 0.2) is 0 Å².